The Hall–Kier alpha value is -3.64. The molecule has 47 heavy (non-hydrogen) atoms. The molecular weight excluding hydrogens is 673 g/mol. The number of Topliss-reactive ketones (excluding diaryl/α,β-unsaturated/α-hetero) is 1. The number of nitrogens with zero attached hydrogens (tertiary/aromatic N) is 2. The molecule has 250 valence electrons. The van der Waals surface area contributed by atoms with Crippen LogP contribution in [0.5, 0.6) is 0 Å². The highest BCUT2D eigenvalue weighted by molar-refractivity contribution is 7.90. The van der Waals surface area contributed by atoms with Crippen LogP contribution in [0.2, 0.25) is 10.0 Å². The molecule has 1 N–H and O–H groups in total. The van der Waals surface area contributed by atoms with E-state index in [-0.39, 0.29) is 46.7 Å². The molecule has 0 aliphatic heterocycles. The molecule has 0 aliphatic carbocycles. The second-order valence-electron chi connectivity index (χ2n) is 12.3. The van der Waals surface area contributed by atoms with E-state index >= 15 is 8.78 Å². The lowest BCUT2D eigenvalue weighted by molar-refractivity contribution is -0.146. The highest BCUT2D eigenvalue weighted by atomic mass is 35.5. The molecule has 4 aromatic rings. The third-order valence-electron chi connectivity index (χ3n) is 7.63. The van der Waals surface area contributed by atoms with Crippen LogP contribution in [0.3, 0.4) is 0 Å². The van der Waals surface area contributed by atoms with Crippen LogP contribution in [0.4, 0.5) is 8.78 Å². The lowest BCUT2D eigenvalue weighted by atomic mass is 9.83. The molecule has 0 amide bonds. The van der Waals surface area contributed by atoms with Crippen molar-refractivity contribution in [3.63, 3.8) is 0 Å². The van der Waals surface area contributed by atoms with Crippen molar-refractivity contribution in [2.75, 3.05) is 6.26 Å². The topological polar surface area (TPSA) is 116 Å². The monoisotopic (exact) mass is 706 g/mol. The number of carbonyl (C=O) groups is 2. The number of aromatic nitrogens is 2. The van der Waals surface area contributed by atoms with Crippen LogP contribution in [0.1, 0.15) is 70.1 Å². The molecule has 0 radical (unpaired) electrons. The SMILES string of the molecule is CC(=O)CCC(=O)OCc1c(F)cc(-c2ccc(-n3cc(C(C)(C)O)nc3C(C)(C)c3c(Cl)cccc3Cl)c(F)c2)cc1S(C)(=O)=O. The number of rotatable bonds is 11. The Kier molecular flexibility index (Phi) is 10.4. The van der Waals surface area contributed by atoms with Gasteiger partial charge in [0.05, 0.1) is 28.1 Å². The zero-order chi connectivity index (χ0) is 35.1. The van der Waals surface area contributed by atoms with Gasteiger partial charge in [-0.05, 0) is 82.1 Å². The van der Waals surface area contributed by atoms with Crippen molar-refractivity contribution >= 4 is 44.8 Å². The fourth-order valence-corrected chi connectivity index (χ4v) is 6.95. The van der Waals surface area contributed by atoms with Crippen LogP contribution in [0.25, 0.3) is 16.8 Å². The van der Waals surface area contributed by atoms with Crippen LogP contribution in [0.15, 0.2) is 59.6 Å². The number of esters is 1. The summed E-state index contributed by atoms with van der Waals surface area (Å²) in [6, 6.07) is 11.3. The molecule has 0 bridgehead atoms. The molecule has 0 spiro atoms. The Balaban J connectivity index is 1.80. The van der Waals surface area contributed by atoms with Crippen molar-refractivity contribution in [1.82, 2.24) is 9.55 Å². The first-order valence-corrected chi connectivity index (χ1v) is 17.1. The summed E-state index contributed by atoms with van der Waals surface area (Å²) in [6.07, 6.45) is 2.09. The highest BCUT2D eigenvalue weighted by Crippen LogP contribution is 2.42. The molecule has 0 unspecified atom stereocenters. The number of halogens is 4. The fraction of sp³-hybridized carbons (Fsp3) is 0.324. The van der Waals surface area contributed by atoms with Gasteiger partial charge in [0.1, 0.15) is 35.5 Å². The number of carbonyl (C=O) groups excluding carboxylic acids is 2. The van der Waals surface area contributed by atoms with Gasteiger partial charge in [-0.15, -0.1) is 0 Å². The Labute approximate surface area is 282 Å². The Morgan fingerprint density at radius 3 is 2.13 bits per heavy atom. The van der Waals surface area contributed by atoms with Crippen molar-refractivity contribution in [3.05, 3.63) is 99.1 Å². The number of hydrogen-bond acceptors (Lipinski definition) is 7. The largest absolute Gasteiger partial charge is 0.461 e. The molecule has 1 heterocycles. The van der Waals surface area contributed by atoms with Gasteiger partial charge in [0, 0.05) is 40.0 Å². The standard InChI is InChI=1S/C34H34Cl2F2N2O6S/c1-19(41)10-13-30(42)46-18-22-25(37)15-21(16-28(22)47(6,44)45)20-11-12-27(26(38)14-20)40-17-29(34(4,5)43)39-32(40)33(2,3)31-23(35)8-7-9-24(31)36/h7-9,11-12,14-17,43H,10,13,18H2,1-6H3. The molecular formula is C34H34Cl2F2N2O6S. The quantitative estimate of drug-likeness (QED) is 0.161. The van der Waals surface area contributed by atoms with Crippen LogP contribution < -0.4 is 0 Å². The van der Waals surface area contributed by atoms with E-state index < -0.39 is 50.0 Å². The second-order valence-corrected chi connectivity index (χ2v) is 15.1. The van der Waals surface area contributed by atoms with Gasteiger partial charge >= 0.3 is 5.97 Å². The van der Waals surface area contributed by atoms with Gasteiger partial charge in [0.25, 0.3) is 0 Å². The molecule has 0 saturated carbocycles. The molecule has 0 saturated heterocycles. The molecule has 4 rings (SSSR count). The lowest BCUT2D eigenvalue weighted by Gasteiger charge is -2.28. The number of aliphatic hydroxyl groups is 1. The van der Waals surface area contributed by atoms with E-state index in [0.29, 0.717) is 21.4 Å². The average molecular weight is 708 g/mol. The molecule has 3 aromatic carbocycles. The van der Waals surface area contributed by atoms with Crippen LogP contribution in [0, 0.1) is 11.6 Å². The normalized spacial score (nSPS) is 12.3. The molecule has 0 atom stereocenters. The number of ketones is 1. The summed E-state index contributed by atoms with van der Waals surface area (Å²) in [4.78, 5) is 27.4. The summed E-state index contributed by atoms with van der Waals surface area (Å²) >= 11 is 13.1. The van der Waals surface area contributed by atoms with Crippen LogP contribution >= 0.6 is 23.2 Å². The minimum Gasteiger partial charge on any atom is -0.461 e. The first-order chi connectivity index (χ1) is 21.7. The number of sulfone groups is 1. The summed E-state index contributed by atoms with van der Waals surface area (Å²) < 4.78 is 63.3. The van der Waals surface area contributed by atoms with E-state index in [4.69, 9.17) is 27.9 Å². The summed E-state index contributed by atoms with van der Waals surface area (Å²) in [5.74, 6) is -2.43. The first-order valence-electron chi connectivity index (χ1n) is 14.5. The molecule has 8 nitrogen and oxygen atoms in total. The highest BCUT2D eigenvalue weighted by Gasteiger charge is 2.36. The van der Waals surface area contributed by atoms with Gasteiger partial charge in [0.2, 0.25) is 0 Å². The first kappa shape index (κ1) is 36.2. The van der Waals surface area contributed by atoms with E-state index in [1.54, 1.807) is 32.0 Å². The average Bonchev–Trinajstić information content (AvgIpc) is 3.41. The van der Waals surface area contributed by atoms with Crippen LogP contribution in [-0.2, 0) is 41.8 Å². The number of benzene rings is 3. The van der Waals surface area contributed by atoms with Gasteiger partial charge < -0.3 is 14.6 Å². The smallest absolute Gasteiger partial charge is 0.306 e. The molecule has 13 heteroatoms. The molecule has 0 aliphatic rings. The van der Waals surface area contributed by atoms with Crippen molar-refractivity contribution in [1.29, 1.82) is 0 Å². The van der Waals surface area contributed by atoms with E-state index in [0.717, 1.165) is 18.4 Å². The van der Waals surface area contributed by atoms with Crippen LogP contribution in [-0.4, -0.2) is 41.1 Å². The predicted octanol–water partition coefficient (Wildman–Crippen LogP) is 7.49. The van der Waals surface area contributed by atoms with Crippen molar-refractivity contribution in [2.45, 2.75) is 70.0 Å². The Morgan fingerprint density at radius 1 is 0.957 bits per heavy atom. The van der Waals surface area contributed by atoms with Crippen molar-refractivity contribution in [2.24, 2.45) is 0 Å². The minimum absolute atomic E-state index is 0.0425. The minimum atomic E-state index is -4.02. The number of ether oxygens (including phenoxy) is 1. The maximum atomic E-state index is 16.1. The Morgan fingerprint density at radius 2 is 1.57 bits per heavy atom. The molecule has 0 fully saturated rings. The third kappa shape index (κ3) is 7.92. The van der Waals surface area contributed by atoms with Crippen molar-refractivity contribution < 1.29 is 36.6 Å². The lowest BCUT2D eigenvalue weighted by Crippen LogP contribution is -2.25. The van der Waals surface area contributed by atoms with Gasteiger partial charge in [-0.2, -0.15) is 0 Å². The summed E-state index contributed by atoms with van der Waals surface area (Å²) in [5.41, 5.74) is -1.67. The second kappa shape index (κ2) is 13.5. The molecule has 1 aromatic heterocycles. The van der Waals surface area contributed by atoms with Crippen molar-refractivity contribution in [3.8, 4) is 16.8 Å². The maximum Gasteiger partial charge on any atom is 0.306 e. The van der Waals surface area contributed by atoms with Gasteiger partial charge in [0.15, 0.2) is 9.84 Å². The zero-order valence-electron chi connectivity index (χ0n) is 26.6. The van der Waals surface area contributed by atoms with E-state index in [1.165, 1.54) is 35.9 Å². The van der Waals surface area contributed by atoms with E-state index in [2.05, 4.69) is 4.98 Å². The van der Waals surface area contributed by atoms with Gasteiger partial charge in [-0.25, -0.2) is 22.2 Å². The van der Waals surface area contributed by atoms with Gasteiger partial charge in [-0.1, -0.05) is 35.3 Å². The van der Waals surface area contributed by atoms with E-state index in [1.807, 2.05) is 13.8 Å². The fourth-order valence-electron chi connectivity index (χ4n) is 5.14. The number of hydrogen-bond donors (Lipinski definition) is 1. The zero-order valence-corrected chi connectivity index (χ0v) is 28.9. The summed E-state index contributed by atoms with van der Waals surface area (Å²) in [7, 11) is -4.02. The Bertz CT molecular complexity index is 1960. The maximum absolute atomic E-state index is 16.1. The van der Waals surface area contributed by atoms with Gasteiger partial charge in [-0.3, -0.25) is 9.36 Å². The third-order valence-corrected chi connectivity index (χ3v) is 9.43. The summed E-state index contributed by atoms with van der Waals surface area (Å²) in [5, 5.41) is 11.5. The van der Waals surface area contributed by atoms with E-state index in [9.17, 15) is 23.1 Å². The summed E-state index contributed by atoms with van der Waals surface area (Å²) in [6.45, 7) is 7.36. The predicted molar refractivity (Wildman–Crippen MR) is 176 cm³/mol. The number of imidazole rings is 1.